The van der Waals surface area contributed by atoms with Gasteiger partial charge in [0.15, 0.2) is 0 Å². The van der Waals surface area contributed by atoms with Crippen LogP contribution in [0.3, 0.4) is 0 Å². The third-order valence-electron chi connectivity index (χ3n) is 3.75. The number of hydrogen-bond donors (Lipinski definition) is 1. The number of nitrogens with one attached hydrogen (secondary N) is 1. The zero-order valence-electron chi connectivity index (χ0n) is 12.6. The summed E-state index contributed by atoms with van der Waals surface area (Å²) in [6.07, 6.45) is 1.03. The smallest absolute Gasteiger partial charge is 0.255 e. The normalized spacial score (nSPS) is 18.4. The largest absolute Gasteiger partial charge is 0.385 e. The summed E-state index contributed by atoms with van der Waals surface area (Å²) in [6.45, 7) is 7.26. The van der Waals surface area contributed by atoms with Crippen LogP contribution in [0.25, 0.3) is 0 Å². The lowest BCUT2D eigenvalue weighted by Crippen LogP contribution is -2.30. The van der Waals surface area contributed by atoms with E-state index >= 15 is 0 Å². The Bertz CT molecular complexity index is 474. The molecular formula is C16H24N2O2. The Morgan fingerprint density at radius 3 is 3.00 bits per heavy atom. The van der Waals surface area contributed by atoms with Crippen molar-refractivity contribution in [3.05, 3.63) is 29.3 Å². The minimum atomic E-state index is 0.125. The molecule has 0 spiro atoms. The van der Waals surface area contributed by atoms with E-state index in [-0.39, 0.29) is 5.91 Å². The number of aryl methyl sites for hydroxylation is 1. The number of methoxy groups -OCH3 is 1. The van der Waals surface area contributed by atoms with Crippen molar-refractivity contribution in [2.24, 2.45) is 5.92 Å². The molecule has 4 nitrogen and oxygen atoms in total. The first kappa shape index (κ1) is 14.9. The first-order valence-corrected chi connectivity index (χ1v) is 7.28. The van der Waals surface area contributed by atoms with Crippen LogP contribution >= 0.6 is 0 Å². The molecule has 2 rings (SSSR count). The monoisotopic (exact) mass is 276 g/mol. The van der Waals surface area contributed by atoms with Gasteiger partial charge in [0.2, 0.25) is 0 Å². The lowest BCUT2D eigenvalue weighted by molar-refractivity contribution is 0.0776. The van der Waals surface area contributed by atoms with E-state index in [9.17, 15) is 4.79 Å². The lowest BCUT2D eigenvalue weighted by Gasteiger charge is -2.19. The molecule has 110 valence electrons. The summed E-state index contributed by atoms with van der Waals surface area (Å²) in [5.74, 6) is 0.594. The second kappa shape index (κ2) is 6.75. The number of rotatable bonds is 5. The minimum absolute atomic E-state index is 0.125. The average Bonchev–Trinajstić information content (AvgIpc) is 2.88. The number of carbonyl (C=O) groups excluding carboxylic acids is 1. The molecule has 1 heterocycles. The van der Waals surface area contributed by atoms with Crippen LogP contribution in [0.2, 0.25) is 0 Å². The van der Waals surface area contributed by atoms with E-state index in [1.165, 1.54) is 0 Å². The summed E-state index contributed by atoms with van der Waals surface area (Å²) in [7, 11) is 1.72. The highest BCUT2D eigenvalue weighted by molar-refractivity contribution is 5.99. The Kier molecular flexibility index (Phi) is 5.01. The Hall–Kier alpha value is -1.55. The number of nitrogens with zero attached hydrogens (tertiary/aromatic N) is 1. The van der Waals surface area contributed by atoms with E-state index in [1.807, 2.05) is 36.9 Å². The van der Waals surface area contributed by atoms with Gasteiger partial charge in [0, 0.05) is 38.3 Å². The third-order valence-corrected chi connectivity index (χ3v) is 3.75. The van der Waals surface area contributed by atoms with Crippen molar-refractivity contribution in [2.75, 3.05) is 38.7 Å². The Labute approximate surface area is 121 Å². The van der Waals surface area contributed by atoms with Crippen molar-refractivity contribution in [3.8, 4) is 0 Å². The van der Waals surface area contributed by atoms with Crippen LogP contribution in [0, 0.1) is 12.8 Å². The number of hydrogen-bond acceptors (Lipinski definition) is 3. The fourth-order valence-corrected chi connectivity index (χ4v) is 2.74. The topological polar surface area (TPSA) is 41.6 Å². The van der Waals surface area contributed by atoms with Gasteiger partial charge in [-0.3, -0.25) is 4.79 Å². The molecule has 0 bridgehead atoms. The van der Waals surface area contributed by atoms with Gasteiger partial charge in [0.1, 0.15) is 0 Å². The maximum Gasteiger partial charge on any atom is 0.255 e. The molecule has 20 heavy (non-hydrogen) atoms. The van der Waals surface area contributed by atoms with Crippen molar-refractivity contribution in [2.45, 2.75) is 20.3 Å². The van der Waals surface area contributed by atoms with Crippen LogP contribution in [0.1, 0.15) is 29.3 Å². The lowest BCUT2D eigenvalue weighted by atomic mass is 10.1. The summed E-state index contributed by atoms with van der Waals surface area (Å²) < 4.78 is 5.19. The van der Waals surface area contributed by atoms with Crippen LogP contribution in [-0.2, 0) is 4.74 Å². The molecular weight excluding hydrogens is 252 g/mol. The molecule has 4 heteroatoms. The molecule has 1 saturated heterocycles. The van der Waals surface area contributed by atoms with E-state index in [4.69, 9.17) is 4.74 Å². The standard InChI is InChI=1S/C16H24N2O2/c1-4-17-15-9-12(2)5-6-14(15)16(19)18-8-7-13(10-18)11-20-3/h5-6,9,13,17H,4,7-8,10-11H2,1-3H3. The number of benzene rings is 1. The molecule has 0 aromatic heterocycles. The fourth-order valence-electron chi connectivity index (χ4n) is 2.74. The molecule has 1 aromatic rings. The highest BCUT2D eigenvalue weighted by Crippen LogP contribution is 2.23. The Morgan fingerprint density at radius 1 is 1.50 bits per heavy atom. The quantitative estimate of drug-likeness (QED) is 0.898. The maximum absolute atomic E-state index is 12.6. The van der Waals surface area contributed by atoms with E-state index in [1.54, 1.807) is 7.11 Å². The molecule has 1 aromatic carbocycles. The van der Waals surface area contributed by atoms with Crippen molar-refractivity contribution in [3.63, 3.8) is 0 Å². The van der Waals surface area contributed by atoms with Gasteiger partial charge in [-0.2, -0.15) is 0 Å². The molecule has 1 fully saturated rings. The molecule has 1 N–H and O–H groups in total. The van der Waals surface area contributed by atoms with E-state index < -0.39 is 0 Å². The third kappa shape index (κ3) is 3.31. The van der Waals surface area contributed by atoms with Crippen LogP contribution in [-0.4, -0.2) is 44.2 Å². The number of amides is 1. The van der Waals surface area contributed by atoms with Crippen LogP contribution in [0.15, 0.2) is 18.2 Å². The van der Waals surface area contributed by atoms with Gasteiger partial charge >= 0.3 is 0 Å². The van der Waals surface area contributed by atoms with Gasteiger partial charge in [0.05, 0.1) is 12.2 Å². The summed E-state index contributed by atoms with van der Waals surface area (Å²) in [5.41, 5.74) is 2.87. The molecule has 0 radical (unpaired) electrons. The Balaban J connectivity index is 2.13. The minimum Gasteiger partial charge on any atom is -0.385 e. The molecule has 1 aliphatic rings. The molecule has 1 amide bonds. The predicted octanol–water partition coefficient (Wildman–Crippen LogP) is 2.54. The van der Waals surface area contributed by atoms with E-state index in [0.29, 0.717) is 5.92 Å². The average molecular weight is 276 g/mol. The summed E-state index contributed by atoms with van der Waals surface area (Å²) >= 11 is 0. The number of likely N-dealkylation sites (tertiary alicyclic amines) is 1. The highest BCUT2D eigenvalue weighted by Gasteiger charge is 2.27. The Morgan fingerprint density at radius 2 is 2.30 bits per heavy atom. The van der Waals surface area contributed by atoms with Gasteiger partial charge in [-0.1, -0.05) is 6.07 Å². The number of ether oxygens (including phenoxy) is 1. The van der Waals surface area contributed by atoms with Crippen LogP contribution < -0.4 is 5.32 Å². The molecule has 1 atom stereocenters. The van der Waals surface area contributed by atoms with Gasteiger partial charge in [-0.05, 0) is 38.0 Å². The molecule has 0 aliphatic carbocycles. The molecule has 1 unspecified atom stereocenters. The van der Waals surface area contributed by atoms with Crippen molar-refractivity contribution in [1.29, 1.82) is 0 Å². The molecule has 0 saturated carbocycles. The van der Waals surface area contributed by atoms with Gasteiger partial charge in [-0.15, -0.1) is 0 Å². The van der Waals surface area contributed by atoms with Gasteiger partial charge in [0.25, 0.3) is 5.91 Å². The van der Waals surface area contributed by atoms with Gasteiger partial charge < -0.3 is 15.0 Å². The summed E-state index contributed by atoms with van der Waals surface area (Å²) in [4.78, 5) is 14.6. The molecule has 1 aliphatic heterocycles. The fraction of sp³-hybridized carbons (Fsp3) is 0.562. The van der Waals surface area contributed by atoms with E-state index in [2.05, 4.69) is 5.32 Å². The number of carbonyl (C=O) groups is 1. The zero-order valence-corrected chi connectivity index (χ0v) is 12.6. The van der Waals surface area contributed by atoms with Crippen molar-refractivity contribution in [1.82, 2.24) is 4.90 Å². The van der Waals surface area contributed by atoms with E-state index in [0.717, 1.165) is 49.5 Å². The SMILES string of the molecule is CCNc1cc(C)ccc1C(=O)N1CCC(COC)C1. The van der Waals surface area contributed by atoms with Gasteiger partial charge in [-0.25, -0.2) is 0 Å². The second-order valence-corrected chi connectivity index (χ2v) is 5.44. The van der Waals surface area contributed by atoms with Crippen LogP contribution in [0.5, 0.6) is 0 Å². The van der Waals surface area contributed by atoms with Crippen LogP contribution in [0.4, 0.5) is 5.69 Å². The summed E-state index contributed by atoms with van der Waals surface area (Å²) in [5, 5.41) is 3.29. The second-order valence-electron chi connectivity index (χ2n) is 5.44. The first-order valence-electron chi connectivity index (χ1n) is 7.28. The predicted molar refractivity (Wildman–Crippen MR) is 81.2 cm³/mol. The maximum atomic E-state index is 12.6. The summed E-state index contributed by atoms with van der Waals surface area (Å²) in [6, 6.07) is 5.97. The first-order chi connectivity index (χ1) is 9.65. The highest BCUT2D eigenvalue weighted by atomic mass is 16.5. The number of anilines is 1. The van der Waals surface area contributed by atoms with Crippen molar-refractivity contribution < 1.29 is 9.53 Å². The zero-order chi connectivity index (χ0) is 14.5. The van der Waals surface area contributed by atoms with Crippen molar-refractivity contribution >= 4 is 11.6 Å².